The van der Waals surface area contributed by atoms with Crippen LogP contribution in [-0.2, 0) is 21.0 Å². The van der Waals surface area contributed by atoms with E-state index in [1.165, 1.54) is 48.5 Å². The van der Waals surface area contributed by atoms with E-state index in [2.05, 4.69) is 5.32 Å². The minimum absolute atomic E-state index is 0.210. The predicted molar refractivity (Wildman–Crippen MR) is 120 cm³/mol. The number of amides is 1. The van der Waals surface area contributed by atoms with Gasteiger partial charge in [0.1, 0.15) is 12.4 Å². The number of hydrogen-bond acceptors (Lipinski definition) is 3. The molecule has 0 aromatic heterocycles. The minimum atomic E-state index is -4.84. The number of rotatable bonds is 7. The van der Waals surface area contributed by atoms with E-state index in [1.807, 2.05) is 0 Å². The maximum Gasteiger partial charge on any atom is 0.417 e. The Balaban J connectivity index is 1.97. The average molecular weight is 515 g/mol. The molecule has 1 atom stereocenters. The lowest BCUT2D eigenvalue weighted by atomic mass is 10.1. The summed E-state index contributed by atoms with van der Waals surface area (Å²) in [5.41, 5.74) is -1.07. The van der Waals surface area contributed by atoms with E-state index >= 15 is 0 Å². The molecule has 0 aliphatic heterocycles. The van der Waals surface area contributed by atoms with Gasteiger partial charge in [-0.05, 0) is 55.0 Å². The first-order valence-electron chi connectivity index (χ1n) is 9.89. The Hall–Kier alpha value is -3.11. The molecule has 0 aliphatic carbocycles. The van der Waals surface area contributed by atoms with Crippen molar-refractivity contribution in [2.75, 3.05) is 10.8 Å². The zero-order valence-corrected chi connectivity index (χ0v) is 19.3. The SMILES string of the molecule is C[C@@H](NC(=O)CN(c1ccc(Cl)c(C(F)(F)F)c1)S(=O)(=O)c1ccccc1)c1ccc(F)cc1. The van der Waals surface area contributed by atoms with Crippen molar-refractivity contribution >= 4 is 33.2 Å². The van der Waals surface area contributed by atoms with Crippen molar-refractivity contribution in [1.29, 1.82) is 0 Å². The van der Waals surface area contributed by atoms with Gasteiger partial charge in [0, 0.05) is 0 Å². The van der Waals surface area contributed by atoms with Crippen molar-refractivity contribution in [2.24, 2.45) is 0 Å². The van der Waals surface area contributed by atoms with E-state index in [1.54, 1.807) is 13.0 Å². The van der Waals surface area contributed by atoms with E-state index in [-0.39, 0.29) is 10.6 Å². The number of benzene rings is 3. The lowest BCUT2D eigenvalue weighted by Gasteiger charge is -2.26. The number of carbonyl (C=O) groups is 1. The van der Waals surface area contributed by atoms with E-state index in [0.29, 0.717) is 15.9 Å². The highest BCUT2D eigenvalue weighted by Gasteiger charge is 2.35. The average Bonchev–Trinajstić information content (AvgIpc) is 2.78. The van der Waals surface area contributed by atoms with Crippen LogP contribution in [0.3, 0.4) is 0 Å². The Morgan fingerprint density at radius 1 is 1.03 bits per heavy atom. The first-order chi connectivity index (χ1) is 15.9. The Kier molecular flexibility index (Phi) is 7.52. The van der Waals surface area contributed by atoms with E-state index < -0.39 is 51.1 Å². The molecule has 0 aliphatic rings. The molecule has 0 saturated carbocycles. The molecule has 0 heterocycles. The van der Waals surface area contributed by atoms with Gasteiger partial charge in [-0.1, -0.05) is 41.9 Å². The molecule has 3 aromatic rings. The van der Waals surface area contributed by atoms with Gasteiger partial charge < -0.3 is 5.32 Å². The van der Waals surface area contributed by atoms with Crippen LogP contribution in [0.2, 0.25) is 5.02 Å². The third kappa shape index (κ3) is 5.87. The summed E-state index contributed by atoms with van der Waals surface area (Å²) in [6, 6.07) is 14.3. The predicted octanol–water partition coefficient (Wildman–Crippen LogP) is 5.57. The van der Waals surface area contributed by atoms with E-state index in [4.69, 9.17) is 11.6 Å². The highest BCUT2D eigenvalue weighted by atomic mass is 35.5. The molecule has 180 valence electrons. The largest absolute Gasteiger partial charge is 0.417 e. The molecule has 1 amide bonds. The number of sulfonamides is 1. The number of alkyl halides is 3. The molecule has 0 fully saturated rings. The molecule has 1 N–H and O–H groups in total. The van der Waals surface area contributed by atoms with Gasteiger partial charge in [-0.25, -0.2) is 12.8 Å². The van der Waals surface area contributed by atoms with Gasteiger partial charge in [-0.15, -0.1) is 0 Å². The maximum absolute atomic E-state index is 13.4. The summed E-state index contributed by atoms with van der Waals surface area (Å²) in [4.78, 5) is 12.6. The Morgan fingerprint density at radius 3 is 2.24 bits per heavy atom. The van der Waals surface area contributed by atoms with Crippen LogP contribution in [0.5, 0.6) is 0 Å². The summed E-state index contributed by atoms with van der Waals surface area (Å²) in [5, 5.41) is 1.97. The molecule has 5 nitrogen and oxygen atoms in total. The van der Waals surface area contributed by atoms with Gasteiger partial charge in [0.15, 0.2) is 0 Å². The number of halogens is 5. The van der Waals surface area contributed by atoms with Crippen LogP contribution in [-0.4, -0.2) is 20.9 Å². The lowest BCUT2D eigenvalue weighted by molar-refractivity contribution is -0.137. The fourth-order valence-electron chi connectivity index (χ4n) is 3.17. The Bertz CT molecular complexity index is 1270. The standard InChI is InChI=1S/C23H19ClF4N2O3S/c1-15(16-7-9-17(25)10-8-16)29-22(31)14-30(34(32,33)19-5-3-2-4-6-19)18-11-12-21(24)20(13-18)23(26,27)28/h2-13,15H,14H2,1H3,(H,29,31)/t15-/m1/s1. The second-order valence-corrected chi connectivity index (χ2v) is 9.60. The summed E-state index contributed by atoms with van der Waals surface area (Å²) in [5.74, 6) is -1.24. The fourth-order valence-corrected chi connectivity index (χ4v) is 4.83. The van der Waals surface area contributed by atoms with Gasteiger partial charge in [-0.3, -0.25) is 9.10 Å². The first kappa shape index (κ1) is 25.5. The van der Waals surface area contributed by atoms with Crippen molar-refractivity contribution in [3.63, 3.8) is 0 Å². The summed E-state index contributed by atoms with van der Waals surface area (Å²) >= 11 is 5.68. The quantitative estimate of drug-likeness (QED) is 0.419. The van der Waals surface area contributed by atoms with Crippen molar-refractivity contribution in [2.45, 2.75) is 24.0 Å². The molecule has 0 unspecified atom stereocenters. The second kappa shape index (κ2) is 10.0. The summed E-state index contributed by atoms with van der Waals surface area (Å²) < 4.78 is 80.5. The first-order valence-corrected chi connectivity index (χ1v) is 11.7. The van der Waals surface area contributed by atoms with Gasteiger partial charge >= 0.3 is 6.18 Å². The smallest absolute Gasteiger partial charge is 0.348 e. The highest BCUT2D eigenvalue weighted by molar-refractivity contribution is 7.92. The molecule has 0 bridgehead atoms. The molecule has 0 saturated heterocycles. The third-order valence-corrected chi connectivity index (χ3v) is 7.03. The van der Waals surface area contributed by atoms with Crippen LogP contribution in [0.1, 0.15) is 24.1 Å². The summed E-state index contributed by atoms with van der Waals surface area (Å²) in [7, 11) is -4.42. The van der Waals surface area contributed by atoms with Crippen molar-refractivity contribution in [1.82, 2.24) is 5.32 Å². The van der Waals surface area contributed by atoms with Gasteiger partial charge in [0.25, 0.3) is 10.0 Å². The third-order valence-electron chi connectivity index (χ3n) is 4.91. The number of carbonyl (C=O) groups excluding carboxylic acids is 1. The lowest BCUT2D eigenvalue weighted by Crippen LogP contribution is -2.41. The molecule has 3 aromatic carbocycles. The number of nitrogens with one attached hydrogen (secondary N) is 1. The van der Waals surface area contributed by atoms with Crippen LogP contribution in [0.15, 0.2) is 77.7 Å². The van der Waals surface area contributed by atoms with Crippen LogP contribution < -0.4 is 9.62 Å². The molecule has 0 radical (unpaired) electrons. The van der Waals surface area contributed by atoms with Crippen LogP contribution >= 0.6 is 11.6 Å². The van der Waals surface area contributed by atoms with E-state index in [0.717, 1.165) is 12.1 Å². The van der Waals surface area contributed by atoms with E-state index in [9.17, 15) is 30.8 Å². The number of nitrogens with zero attached hydrogens (tertiary/aromatic N) is 1. The zero-order chi connectivity index (χ0) is 25.1. The normalized spacial score (nSPS) is 12.8. The van der Waals surface area contributed by atoms with Crippen molar-refractivity contribution in [3.8, 4) is 0 Å². The number of anilines is 1. The monoisotopic (exact) mass is 514 g/mol. The Labute approximate surface area is 199 Å². The molecular weight excluding hydrogens is 496 g/mol. The Morgan fingerprint density at radius 2 is 1.65 bits per heavy atom. The van der Waals surface area contributed by atoms with Crippen molar-refractivity contribution < 1.29 is 30.8 Å². The fraction of sp³-hybridized carbons (Fsp3) is 0.174. The second-order valence-electron chi connectivity index (χ2n) is 7.33. The number of hydrogen-bond donors (Lipinski definition) is 1. The molecule has 34 heavy (non-hydrogen) atoms. The van der Waals surface area contributed by atoms with Crippen LogP contribution in [0.25, 0.3) is 0 Å². The van der Waals surface area contributed by atoms with Crippen LogP contribution in [0.4, 0.5) is 23.2 Å². The van der Waals surface area contributed by atoms with Gasteiger partial charge in [0.05, 0.1) is 27.2 Å². The maximum atomic E-state index is 13.4. The van der Waals surface area contributed by atoms with Gasteiger partial charge in [0.2, 0.25) is 5.91 Å². The summed E-state index contributed by atoms with van der Waals surface area (Å²) in [6.45, 7) is 0.799. The zero-order valence-electron chi connectivity index (χ0n) is 17.7. The molecule has 3 rings (SSSR count). The topological polar surface area (TPSA) is 66.5 Å². The minimum Gasteiger partial charge on any atom is -0.348 e. The van der Waals surface area contributed by atoms with Crippen molar-refractivity contribution in [3.05, 3.63) is 94.8 Å². The van der Waals surface area contributed by atoms with Gasteiger partial charge in [-0.2, -0.15) is 13.2 Å². The molecule has 11 heteroatoms. The summed E-state index contributed by atoms with van der Waals surface area (Å²) in [6.07, 6.45) is -4.84. The molecule has 0 spiro atoms. The molecular formula is C23H19ClF4N2O3S. The highest BCUT2D eigenvalue weighted by Crippen LogP contribution is 2.38. The van der Waals surface area contributed by atoms with Crippen LogP contribution in [0, 0.1) is 5.82 Å².